The molecule has 2 amide bonds. The number of nitrogens with one attached hydrogen (secondary N) is 2. The molecule has 0 aromatic heterocycles. The summed E-state index contributed by atoms with van der Waals surface area (Å²) in [5.41, 5.74) is 1.33. The van der Waals surface area contributed by atoms with Crippen molar-refractivity contribution < 1.29 is 9.59 Å². The largest absolute Gasteiger partial charge is 0.350 e. The smallest absolute Gasteiger partial charge is 0.251 e. The standard InChI is InChI=1S/C18H26N2O2S/c1-11(2)6-5-7-12(3)19-18(22)14-8-9-16-15(10-14)20-17(21)13(4)23-16/h8-13H,5-7H2,1-4H3,(H,19,22)(H,20,21). The van der Waals surface area contributed by atoms with Crippen LogP contribution >= 0.6 is 11.8 Å². The molecule has 2 atom stereocenters. The Morgan fingerprint density at radius 3 is 2.74 bits per heavy atom. The highest BCUT2D eigenvalue weighted by molar-refractivity contribution is 8.00. The molecular formula is C18H26N2O2S. The summed E-state index contributed by atoms with van der Waals surface area (Å²) in [6.45, 7) is 8.34. The van der Waals surface area contributed by atoms with Gasteiger partial charge in [-0.15, -0.1) is 11.8 Å². The van der Waals surface area contributed by atoms with Gasteiger partial charge < -0.3 is 10.6 Å². The molecule has 126 valence electrons. The highest BCUT2D eigenvalue weighted by Gasteiger charge is 2.23. The number of rotatable bonds is 6. The van der Waals surface area contributed by atoms with Crippen molar-refractivity contribution in [2.24, 2.45) is 5.92 Å². The maximum atomic E-state index is 12.4. The minimum absolute atomic E-state index is 0.0119. The van der Waals surface area contributed by atoms with Crippen LogP contribution in [0.5, 0.6) is 0 Å². The zero-order valence-electron chi connectivity index (χ0n) is 14.3. The fourth-order valence-corrected chi connectivity index (χ4v) is 3.49. The highest BCUT2D eigenvalue weighted by Crippen LogP contribution is 2.35. The minimum atomic E-state index is -0.0943. The molecule has 0 saturated heterocycles. The summed E-state index contributed by atoms with van der Waals surface area (Å²) >= 11 is 1.52. The first kappa shape index (κ1) is 17.9. The molecule has 1 aromatic carbocycles. The average Bonchev–Trinajstić information content (AvgIpc) is 2.47. The van der Waals surface area contributed by atoms with Crippen LogP contribution in [0.25, 0.3) is 0 Å². The molecule has 0 saturated carbocycles. The Kier molecular flexibility index (Phi) is 6.10. The van der Waals surface area contributed by atoms with Crippen LogP contribution in [-0.2, 0) is 4.79 Å². The van der Waals surface area contributed by atoms with E-state index in [4.69, 9.17) is 0 Å². The number of carbonyl (C=O) groups is 2. The second-order valence-electron chi connectivity index (χ2n) is 6.66. The molecule has 5 heteroatoms. The van der Waals surface area contributed by atoms with Gasteiger partial charge in [0.15, 0.2) is 0 Å². The third-order valence-corrected chi connectivity index (χ3v) is 5.15. The molecule has 0 spiro atoms. The van der Waals surface area contributed by atoms with Gasteiger partial charge in [-0.25, -0.2) is 0 Å². The first-order valence-corrected chi connectivity index (χ1v) is 9.17. The number of benzene rings is 1. The van der Waals surface area contributed by atoms with E-state index in [0.29, 0.717) is 11.5 Å². The Balaban J connectivity index is 1.95. The highest BCUT2D eigenvalue weighted by atomic mass is 32.2. The SMILES string of the molecule is CC(C)CCCC(C)NC(=O)c1ccc2c(c1)NC(=O)C(C)S2. The molecule has 1 aliphatic rings. The zero-order chi connectivity index (χ0) is 17.0. The molecular weight excluding hydrogens is 308 g/mol. The predicted octanol–water partition coefficient (Wildman–Crippen LogP) is 4.06. The third-order valence-electron chi connectivity index (χ3n) is 3.97. The fourth-order valence-electron chi connectivity index (χ4n) is 2.56. The summed E-state index contributed by atoms with van der Waals surface area (Å²) in [4.78, 5) is 25.1. The Bertz CT molecular complexity index is 586. The van der Waals surface area contributed by atoms with Crippen LogP contribution in [0, 0.1) is 5.92 Å². The van der Waals surface area contributed by atoms with Crippen molar-refractivity contribution in [3.63, 3.8) is 0 Å². The van der Waals surface area contributed by atoms with Crippen molar-refractivity contribution in [1.29, 1.82) is 0 Å². The maximum Gasteiger partial charge on any atom is 0.251 e. The van der Waals surface area contributed by atoms with Gasteiger partial charge in [-0.3, -0.25) is 9.59 Å². The van der Waals surface area contributed by atoms with Crippen LogP contribution < -0.4 is 10.6 Å². The topological polar surface area (TPSA) is 58.2 Å². The van der Waals surface area contributed by atoms with Gasteiger partial charge in [-0.1, -0.05) is 26.7 Å². The molecule has 0 aliphatic carbocycles. The molecule has 0 radical (unpaired) electrons. The molecule has 4 nitrogen and oxygen atoms in total. The van der Waals surface area contributed by atoms with E-state index in [-0.39, 0.29) is 23.1 Å². The lowest BCUT2D eigenvalue weighted by molar-refractivity contribution is -0.115. The fraction of sp³-hybridized carbons (Fsp3) is 0.556. The average molecular weight is 334 g/mol. The van der Waals surface area contributed by atoms with Gasteiger partial charge in [0.05, 0.1) is 10.9 Å². The summed E-state index contributed by atoms with van der Waals surface area (Å²) in [7, 11) is 0. The number of hydrogen-bond donors (Lipinski definition) is 2. The van der Waals surface area contributed by atoms with Crippen LogP contribution in [0.4, 0.5) is 5.69 Å². The van der Waals surface area contributed by atoms with E-state index >= 15 is 0 Å². The van der Waals surface area contributed by atoms with E-state index in [1.54, 1.807) is 6.07 Å². The van der Waals surface area contributed by atoms with Gasteiger partial charge >= 0.3 is 0 Å². The lowest BCUT2D eigenvalue weighted by atomic mass is 10.0. The summed E-state index contributed by atoms with van der Waals surface area (Å²) < 4.78 is 0. The number of thioether (sulfide) groups is 1. The number of hydrogen-bond acceptors (Lipinski definition) is 3. The molecule has 0 bridgehead atoms. The van der Waals surface area contributed by atoms with Gasteiger partial charge in [0.25, 0.3) is 5.91 Å². The van der Waals surface area contributed by atoms with E-state index in [1.807, 2.05) is 26.0 Å². The quantitative estimate of drug-likeness (QED) is 0.824. The Labute approximate surface area is 142 Å². The minimum Gasteiger partial charge on any atom is -0.350 e. The molecule has 1 heterocycles. The number of fused-ring (bicyclic) bond motifs is 1. The van der Waals surface area contributed by atoms with Crippen molar-refractivity contribution in [2.45, 2.75) is 63.1 Å². The molecule has 1 aliphatic heterocycles. The van der Waals surface area contributed by atoms with Gasteiger partial charge in [0.1, 0.15) is 0 Å². The molecule has 2 rings (SSSR count). The van der Waals surface area contributed by atoms with E-state index < -0.39 is 0 Å². The van der Waals surface area contributed by atoms with Crippen molar-refractivity contribution >= 4 is 29.3 Å². The Morgan fingerprint density at radius 2 is 2.04 bits per heavy atom. The van der Waals surface area contributed by atoms with Crippen molar-refractivity contribution in [3.05, 3.63) is 23.8 Å². The van der Waals surface area contributed by atoms with Gasteiger partial charge in [0, 0.05) is 16.5 Å². The van der Waals surface area contributed by atoms with E-state index in [9.17, 15) is 9.59 Å². The molecule has 23 heavy (non-hydrogen) atoms. The van der Waals surface area contributed by atoms with Crippen LogP contribution in [0.2, 0.25) is 0 Å². The van der Waals surface area contributed by atoms with Crippen molar-refractivity contribution in [1.82, 2.24) is 5.32 Å². The Morgan fingerprint density at radius 1 is 1.30 bits per heavy atom. The van der Waals surface area contributed by atoms with Crippen molar-refractivity contribution in [3.8, 4) is 0 Å². The second kappa shape index (κ2) is 7.86. The van der Waals surface area contributed by atoms with Crippen LogP contribution in [0.15, 0.2) is 23.1 Å². The summed E-state index contributed by atoms with van der Waals surface area (Å²) in [6.07, 6.45) is 3.29. The van der Waals surface area contributed by atoms with Gasteiger partial charge in [-0.05, 0) is 44.4 Å². The van der Waals surface area contributed by atoms with E-state index in [2.05, 4.69) is 24.5 Å². The second-order valence-corrected chi connectivity index (χ2v) is 8.04. The summed E-state index contributed by atoms with van der Waals surface area (Å²) in [6, 6.07) is 5.66. The first-order chi connectivity index (χ1) is 10.9. The van der Waals surface area contributed by atoms with Crippen molar-refractivity contribution in [2.75, 3.05) is 5.32 Å². The van der Waals surface area contributed by atoms with Crippen LogP contribution in [0.3, 0.4) is 0 Å². The number of anilines is 1. The molecule has 2 N–H and O–H groups in total. The van der Waals surface area contributed by atoms with E-state index in [1.165, 1.54) is 18.2 Å². The normalized spacial score (nSPS) is 18.3. The predicted molar refractivity (Wildman–Crippen MR) is 96.0 cm³/mol. The number of amides is 2. The monoisotopic (exact) mass is 334 g/mol. The number of carbonyl (C=O) groups excluding carboxylic acids is 2. The Hall–Kier alpha value is -1.49. The van der Waals surface area contributed by atoms with Crippen LogP contribution in [-0.4, -0.2) is 23.1 Å². The first-order valence-electron chi connectivity index (χ1n) is 8.29. The van der Waals surface area contributed by atoms with E-state index in [0.717, 1.165) is 23.4 Å². The lowest BCUT2D eigenvalue weighted by Crippen LogP contribution is -2.33. The lowest BCUT2D eigenvalue weighted by Gasteiger charge is -2.22. The molecule has 0 fully saturated rings. The summed E-state index contributed by atoms with van der Waals surface area (Å²) in [5.74, 6) is 0.604. The summed E-state index contributed by atoms with van der Waals surface area (Å²) in [5, 5.41) is 5.81. The zero-order valence-corrected chi connectivity index (χ0v) is 15.1. The molecule has 2 unspecified atom stereocenters. The third kappa shape index (κ3) is 4.99. The van der Waals surface area contributed by atoms with Gasteiger partial charge in [-0.2, -0.15) is 0 Å². The maximum absolute atomic E-state index is 12.4. The van der Waals surface area contributed by atoms with Crippen LogP contribution in [0.1, 0.15) is 57.3 Å². The van der Waals surface area contributed by atoms with Gasteiger partial charge in [0.2, 0.25) is 5.91 Å². The molecule has 1 aromatic rings.